The van der Waals surface area contributed by atoms with E-state index in [4.69, 9.17) is 11.6 Å². The molecule has 2 aliphatic rings. The van der Waals surface area contributed by atoms with Gasteiger partial charge in [0.1, 0.15) is 0 Å². The first kappa shape index (κ1) is 17.8. The molecule has 5 heteroatoms. The third-order valence-electron chi connectivity index (χ3n) is 5.19. The quantitative estimate of drug-likeness (QED) is 0.773. The molecule has 0 spiro atoms. The number of ketones is 1. The predicted molar refractivity (Wildman–Crippen MR) is 108 cm³/mol. The molecule has 2 aromatic rings. The van der Waals surface area contributed by atoms with Gasteiger partial charge in [0.15, 0.2) is 5.78 Å². The van der Waals surface area contributed by atoms with Crippen LogP contribution in [0.25, 0.3) is 0 Å². The Morgan fingerprint density at radius 1 is 1.15 bits per heavy atom. The lowest BCUT2D eigenvalue weighted by Gasteiger charge is -2.33. The highest BCUT2D eigenvalue weighted by atomic mass is 35.5. The molecule has 0 aromatic heterocycles. The fourth-order valence-electron chi connectivity index (χ4n) is 3.94. The summed E-state index contributed by atoms with van der Waals surface area (Å²) in [6.45, 7) is 1.85. The normalized spacial score (nSPS) is 19.1. The van der Waals surface area contributed by atoms with Gasteiger partial charge in [0.2, 0.25) is 5.91 Å². The van der Waals surface area contributed by atoms with Crippen LogP contribution in [-0.2, 0) is 9.59 Å². The Morgan fingerprint density at radius 2 is 1.89 bits per heavy atom. The standard InChI is InChI=1S/C22H21ClN2O2/c1-2-20(27)25-18-8-4-3-6-16(18)24-17-7-5-9-19(26)21(17)22(25)14-10-12-15(23)13-11-14/h3-4,6,8,10-13,22,24H,2,5,7,9H2,1H3/t22-/m1/s1. The molecule has 0 radical (unpaired) electrons. The first-order valence-corrected chi connectivity index (χ1v) is 9.67. The summed E-state index contributed by atoms with van der Waals surface area (Å²) in [5.41, 5.74) is 4.17. The van der Waals surface area contributed by atoms with Gasteiger partial charge in [-0.1, -0.05) is 42.8 Å². The van der Waals surface area contributed by atoms with Crippen LogP contribution in [-0.4, -0.2) is 11.7 Å². The van der Waals surface area contributed by atoms with Crippen LogP contribution in [0.3, 0.4) is 0 Å². The number of carbonyl (C=O) groups excluding carboxylic acids is 2. The lowest BCUT2D eigenvalue weighted by Crippen LogP contribution is -2.37. The minimum Gasteiger partial charge on any atom is -0.357 e. The molecular weight excluding hydrogens is 360 g/mol. The van der Waals surface area contributed by atoms with Crippen molar-refractivity contribution in [2.45, 2.75) is 38.6 Å². The Labute approximate surface area is 163 Å². The van der Waals surface area contributed by atoms with Crippen molar-refractivity contribution in [3.8, 4) is 0 Å². The van der Waals surface area contributed by atoms with Crippen molar-refractivity contribution in [1.82, 2.24) is 0 Å². The van der Waals surface area contributed by atoms with Crippen LogP contribution in [0.5, 0.6) is 0 Å². The number of anilines is 2. The van der Waals surface area contributed by atoms with Crippen LogP contribution < -0.4 is 10.2 Å². The number of nitrogens with zero attached hydrogens (tertiary/aromatic N) is 1. The van der Waals surface area contributed by atoms with Gasteiger partial charge in [-0.25, -0.2) is 0 Å². The summed E-state index contributed by atoms with van der Waals surface area (Å²) in [6, 6.07) is 14.7. The molecule has 2 aromatic carbocycles. The van der Waals surface area contributed by atoms with E-state index in [1.54, 1.807) is 4.90 Å². The molecule has 0 saturated heterocycles. The number of rotatable bonds is 2. The molecule has 1 aliphatic heterocycles. The third-order valence-corrected chi connectivity index (χ3v) is 5.45. The maximum atomic E-state index is 13.1. The van der Waals surface area contributed by atoms with Gasteiger partial charge in [-0.05, 0) is 42.7 Å². The smallest absolute Gasteiger partial charge is 0.227 e. The van der Waals surface area contributed by atoms with Crippen LogP contribution >= 0.6 is 11.6 Å². The molecule has 0 bridgehead atoms. The summed E-state index contributed by atoms with van der Waals surface area (Å²) in [6.07, 6.45) is 2.49. The largest absolute Gasteiger partial charge is 0.357 e. The van der Waals surface area contributed by atoms with E-state index < -0.39 is 6.04 Å². The lowest BCUT2D eigenvalue weighted by atomic mass is 9.85. The molecule has 1 atom stereocenters. The van der Waals surface area contributed by atoms with Gasteiger partial charge in [-0.2, -0.15) is 0 Å². The van der Waals surface area contributed by atoms with Crippen molar-refractivity contribution >= 4 is 34.7 Å². The van der Waals surface area contributed by atoms with Crippen molar-refractivity contribution in [3.63, 3.8) is 0 Å². The Morgan fingerprint density at radius 3 is 2.63 bits per heavy atom. The van der Waals surface area contributed by atoms with Crippen LogP contribution in [0.4, 0.5) is 11.4 Å². The van der Waals surface area contributed by atoms with Crippen LogP contribution in [0.15, 0.2) is 59.8 Å². The minimum absolute atomic E-state index is 0.0173. The summed E-state index contributed by atoms with van der Waals surface area (Å²) in [5.74, 6) is 0.0849. The van der Waals surface area contributed by atoms with E-state index in [1.807, 2.05) is 55.5 Å². The number of carbonyl (C=O) groups is 2. The molecule has 1 heterocycles. The average Bonchev–Trinajstić information content (AvgIpc) is 2.83. The zero-order chi connectivity index (χ0) is 19.0. The van der Waals surface area contributed by atoms with Crippen LogP contribution in [0.1, 0.15) is 44.2 Å². The molecule has 0 unspecified atom stereocenters. The first-order chi connectivity index (χ1) is 13.1. The van der Waals surface area contributed by atoms with E-state index in [9.17, 15) is 9.59 Å². The third kappa shape index (κ3) is 3.15. The Bertz CT molecular complexity index is 934. The zero-order valence-corrected chi connectivity index (χ0v) is 15.9. The maximum Gasteiger partial charge on any atom is 0.227 e. The minimum atomic E-state index is -0.450. The Balaban J connectivity index is 1.99. The molecule has 1 aliphatic carbocycles. The van der Waals surface area contributed by atoms with Gasteiger partial charge >= 0.3 is 0 Å². The number of hydrogen-bond acceptors (Lipinski definition) is 3. The molecule has 4 nitrogen and oxygen atoms in total. The highest BCUT2D eigenvalue weighted by Crippen LogP contribution is 2.45. The predicted octanol–water partition coefficient (Wildman–Crippen LogP) is 5.26. The lowest BCUT2D eigenvalue weighted by molar-refractivity contribution is -0.118. The highest BCUT2D eigenvalue weighted by molar-refractivity contribution is 6.30. The summed E-state index contributed by atoms with van der Waals surface area (Å²) < 4.78 is 0. The van der Waals surface area contributed by atoms with E-state index in [0.29, 0.717) is 23.4 Å². The number of para-hydroxylation sites is 2. The number of nitrogens with one attached hydrogen (secondary N) is 1. The van der Waals surface area contributed by atoms with Gasteiger partial charge in [0.05, 0.1) is 17.4 Å². The van der Waals surface area contributed by atoms with Gasteiger partial charge in [-0.15, -0.1) is 0 Å². The second kappa shape index (κ2) is 7.20. The summed E-state index contributed by atoms with van der Waals surface area (Å²) in [4.78, 5) is 27.8. The fourth-order valence-corrected chi connectivity index (χ4v) is 4.07. The summed E-state index contributed by atoms with van der Waals surface area (Å²) in [7, 11) is 0. The number of Topliss-reactive ketones (excluding diaryl/α,β-unsaturated/α-hetero) is 1. The van der Waals surface area contributed by atoms with Crippen LogP contribution in [0, 0.1) is 0 Å². The van der Waals surface area contributed by atoms with E-state index in [0.717, 1.165) is 35.5 Å². The van der Waals surface area contributed by atoms with Crippen molar-refractivity contribution in [2.75, 3.05) is 10.2 Å². The van der Waals surface area contributed by atoms with Gasteiger partial charge in [-0.3, -0.25) is 14.5 Å². The van der Waals surface area contributed by atoms with Gasteiger partial charge in [0, 0.05) is 29.1 Å². The molecule has 138 valence electrons. The summed E-state index contributed by atoms with van der Waals surface area (Å²) in [5, 5.41) is 4.08. The molecular formula is C22H21ClN2O2. The average molecular weight is 381 g/mol. The van der Waals surface area contributed by atoms with Crippen molar-refractivity contribution < 1.29 is 9.59 Å². The molecule has 0 saturated carbocycles. The Hall–Kier alpha value is -2.59. The number of benzene rings is 2. The number of amides is 1. The Kier molecular flexibility index (Phi) is 4.75. The van der Waals surface area contributed by atoms with Crippen LogP contribution in [0.2, 0.25) is 5.02 Å². The molecule has 1 N–H and O–H groups in total. The number of hydrogen-bond donors (Lipinski definition) is 1. The van der Waals surface area contributed by atoms with E-state index in [-0.39, 0.29) is 11.7 Å². The van der Waals surface area contributed by atoms with Gasteiger partial charge in [0.25, 0.3) is 0 Å². The number of allylic oxidation sites excluding steroid dienone is 1. The molecule has 4 rings (SSSR count). The monoisotopic (exact) mass is 380 g/mol. The van der Waals surface area contributed by atoms with E-state index in [1.165, 1.54) is 0 Å². The number of fused-ring (bicyclic) bond motifs is 1. The second-order valence-corrected chi connectivity index (χ2v) is 7.32. The molecule has 1 amide bonds. The molecule has 0 fully saturated rings. The zero-order valence-electron chi connectivity index (χ0n) is 15.2. The van der Waals surface area contributed by atoms with Gasteiger partial charge < -0.3 is 5.32 Å². The van der Waals surface area contributed by atoms with Crippen molar-refractivity contribution in [1.29, 1.82) is 0 Å². The maximum absolute atomic E-state index is 13.1. The van der Waals surface area contributed by atoms with Crippen molar-refractivity contribution in [2.24, 2.45) is 0 Å². The van der Waals surface area contributed by atoms with E-state index >= 15 is 0 Å². The highest BCUT2D eigenvalue weighted by Gasteiger charge is 2.38. The van der Waals surface area contributed by atoms with E-state index in [2.05, 4.69) is 5.32 Å². The number of halogens is 1. The SMILES string of the molecule is CCC(=O)N1c2ccccc2NC2=C(C(=O)CCC2)[C@H]1c1ccc(Cl)cc1. The molecule has 27 heavy (non-hydrogen) atoms. The topological polar surface area (TPSA) is 49.4 Å². The fraction of sp³-hybridized carbons (Fsp3) is 0.273. The van der Waals surface area contributed by atoms with Crippen molar-refractivity contribution in [3.05, 3.63) is 70.4 Å². The second-order valence-electron chi connectivity index (χ2n) is 6.88. The first-order valence-electron chi connectivity index (χ1n) is 9.30. The summed E-state index contributed by atoms with van der Waals surface area (Å²) >= 11 is 6.08.